The Kier molecular flexibility index (Phi) is 11.3. The number of nitrogens with two attached hydrogens (primary N) is 1. The Balaban J connectivity index is 0.00000512. The summed E-state index contributed by atoms with van der Waals surface area (Å²) in [5.41, 5.74) is 6.91. The first-order chi connectivity index (χ1) is 14.7. The second-order valence-electron chi connectivity index (χ2n) is 7.02. The van der Waals surface area contributed by atoms with Gasteiger partial charge in [0.15, 0.2) is 5.03 Å². The molecule has 0 bridgehead atoms. The Morgan fingerprint density at radius 3 is 2.72 bits per heavy atom. The molecule has 1 saturated heterocycles. The van der Waals surface area contributed by atoms with Crippen LogP contribution in [-0.4, -0.2) is 48.0 Å². The predicted octanol–water partition coefficient (Wildman–Crippen LogP) is 0.828. The van der Waals surface area contributed by atoms with Gasteiger partial charge in [-0.05, 0) is 31.4 Å². The van der Waals surface area contributed by atoms with Crippen LogP contribution in [0.25, 0.3) is 0 Å². The van der Waals surface area contributed by atoms with Crippen LogP contribution < -0.4 is 27.1 Å². The third-order valence-corrected chi connectivity index (χ3v) is 4.55. The van der Waals surface area contributed by atoms with Crippen LogP contribution in [0.15, 0.2) is 23.2 Å². The monoisotopic (exact) mass is 477 g/mol. The number of amides is 2. The van der Waals surface area contributed by atoms with Crippen molar-refractivity contribution in [3.05, 3.63) is 39.9 Å². The van der Waals surface area contributed by atoms with E-state index in [1.165, 1.54) is 0 Å². The number of nitrogens with zero attached hydrogens (tertiary/aromatic N) is 2. The minimum absolute atomic E-state index is 0. The van der Waals surface area contributed by atoms with Gasteiger partial charge in [-0.2, -0.15) is 0 Å². The van der Waals surface area contributed by atoms with Crippen LogP contribution in [-0.2, 0) is 9.59 Å². The van der Waals surface area contributed by atoms with Gasteiger partial charge in [0.05, 0.1) is 11.7 Å². The van der Waals surface area contributed by atoms with Crippen molar-refractivity contribution in [3.63, 3.8) is 0 Å². The number of anilines is 1. The topological polar surface area (TPSA) is 164 Å². The van der Waals surface area contributed by atoms with Gasteiger partial charge >= 0.3 is 0 Å². The van der Waals surface area contributed by atoms with Crippen LogP contribution in [0.2, 0.25) is 0 Å². The van der Waals surface area contributed by atoms with Crippen molar-refractivity contribution in [1.29, 1.82) is 0 Å². The van der Waals surface area contributed by atoms with Crippen molar-refractivity contribution >= 4 is 35.9 Å². The molecule has 0 aliphatic carbocycles. The zero-order valence-electron chi connectivity index (χ0n) is 17.1. The van der Waals surface area contributed by atoms with Crippen LogP contribution in [0.5, 0.6) is 0 Å². The van der Waals surface area contributed by atoms with Gasteiger partial charge in [0, 0.05) is 31.6 Å². The molecule has 6 N–H and O–H groups in total. The van der Waals surface area contributed by atoms with Gasteiger partial charge < -0.3 is 21.7 Å². The Morgan fingerprint density at radius 2 is 2.03 bits per heavy atom. The summed E-state index contributed by atoms with van der Waals surface area (Å²) < 4.78 is 26.6. The second-order valence-corrected chi connectivity index (χ2v) is 7.02. The minimum Gasteiger partial charge on any atom is -0.365 e. The number of halogens is 3. The molecule has 2 rings (SSSR count). The van der Waals surface area contributed by atoms with E-state index in [-0.39, 0.29) is 36.0 Å². The van der Waals surface area contributed by atoms with E-state index in [0.29, 0.717) is 51.3 Å². The molecule has 1 heterocycles. The molecule has 11 nitrogen and oxygen atoms in total. The quantitative estimate of drug-likeness (QED) is 0.109. The molecular weight excluding hydrogens is 452 g/mol. The summed E-state index contributed by atoms with van der Waals surface area (Å²) in [5.74, 6) is -2.49. The smallest absolute Gasteiger partial charge is 0.251 e. The molecule has 1 aromatic carbocycles. The van der Waals surface area contributed by atoms with Crippen LogP contribution in [0, 0.1) is 21.7 Å². The molecule has 0 spiro atoms. The molecule has 32 heavy (non-hydrogen) atoms. The molecule has 1 aliphatic heterocycles. The average Bonchev–Trinajstić information content (AvgIpc) is 3.14. The van der Waals surface area contributed by atoms with Gasteiger partial charge in [0.2, 0.25) is 11.8 Å². The van der Waals surface area contributed by atoms with Crippen molar-refractivity contribution in [1.82, 2.24) is 16.1 Å². The van der Waals surface area contributed by atoms with Gasteiger partial charge in [-0.15, -0.1) is 12.4 Å². The summed E-state index contributed by atoms with van der Waals surface area (Å²) in [5, 5.41) is 17.6. The van der Waals surface area contributed by atoms with Gasteiger partial charge in [0.25, 0.3) is 5.96 Å². The predicted molar refractivity (Wildman–Crippen MR) is 116 cm³/mol. The second kappa shape index (κ2) is 13.4. The number of hydrogen-bond acceptors (Lipinski definition) is 6. The van der Waals surface area contributed by atoms with E-state index in [9.17, 15) is 28.5 Å². The van der Waals surface area contributed by atoms with Crippen molar-refractivity contribution in [3.8, 4) is 0 Å². The summed E-state index contributed by atoms with van der Waals surface area (Å²) in [4.78, 5) is 38.2. The third-order valence-electron chi connectivity index (χ3n) is 4.55. The highest BCUT2D eigenvalue weighted by Crippen LogP contribution is 2.17. The number of carbonyl (C=O) groups excluding carboxylic acids is 2. The molecule has 2 amide bonds. The van der Waals surface area contributed by atoms with Gasteiger partial charge in [-0.25, -0.2) is 23.9 Å². The summed E-state index contributed by atoms with van der Waals surface area (Å²) in [7, 11) is 0. The Bertz CT molecular complexity index is 844. The lowest BCUT2D eigenvalue weighted by Crippen LogP contribution is -2.36. The van der Waals surface area contributed by atoms with Crippen molar-refractivity contribution in [2.24, 2.45) is 10.7 Å². The van der Waals surface area contributed by atoms with E-state index in [0.717, 1.165) is 12.1 Å². The summed E-state index contributed by atoms with van der Waals surface area (Å²) >= 11 is 0. The number of unbranched alkanes of at least 4 members (excludes halogenated alkanes) is 2. The number of nitrogens with one attached hydrogen (secondary N) is 4. The maximum atomic E-state index is 13.7. The van der Waals surface area contributed by atoms with E-state index in [1.54, 1.807) is 5.43 Å². The number of hydrazine groups is 1. The summed E-state index contributed by atoms with van der Waals surface area (Å²) in [6.45, 7) is 0.708. The maximum Gasteiger partial charge on any atom is 0.251 e. The molecule has 178 valence electrons. The van der Waals surface area contributed by atoms with Gasteiger partial charge in [-0.1, -0.05) is 11.8 Å². The zero-order chi connectivity index (χ0) is 22.8. The number of hydrogen-bond donors (Lipinski definition) is 5. The highest BCUT2D eigenvalue weighted by Gasteiger charge is 2.30. The lowest BCUT2D eigenvalue weighted by Gasteiger charge is -2.13. The summed E-state index contributed by atoms with van der Waals surface area (Å²) in [6.07, 6.45) is 2.57. The first-order valence-corrected chi connectivity index (χ1v) is 9.74. The van der Waals surface area contributed by atoms with Crippen LogP contribution >= 0.6 is 12.4 Å². The normalized spacial score (nSPS) is 17.9. The fraction of sp³-hybridized carbons (Fsp3) is 0.500. The fourth-order valence-corrected chi connectivity index (χ4v) is 3.06. The molecule has 1 aromatic rings. The SMILES string of the molecule is Cl.NC(=NCCCCCC(=O)N[C@@H]1CN[C@H](C(=O)Nc2ccc(F)cc2F)C1)N[N+](=O)[O-]. The number of rotatable bonds is 10. The van der Waals surface area contributed by atoms with E-state index < -0.39 is 28.6 Å². The van der Waals surface area contributed by atoms with Crippen molar-refractivity contribution in [2.45, 2.75) is 44.2 Å². The third kappa shape index (κ3) is 9.39. The van der Waals surface area contributed by atoms with E-state index in [4.69, 9.17) is 5.73 Å². The van der Waals surface area contributed by atoms with Gasteiger partial charge in [-0.3, -0.25) is 9.59 Å². The molecule has 0 radical (unpaired) electrons. The first-order valence-electron chi connectivity index (χ1n) is 9.74. The first kappa shape index (κ1) is 27.0. The summed E-state index contributed by atoms with van der Waals surface area (Å²) in [6, 6.07) is 2.04. The molecular formula is C18H26ClF2N7O4. The number of benzene rings is 1. The largest absolute Gasteiger partial charge is 0.365 e. The fourth-order valence-electron chi connectivity index (χ4n) is 3.06. The van der Waals surface area contributed by atoms with Crippen molar-refractivity contribution in [2.75, 3.05) is 18.4 Å². The standard InChI is InChI=1S/C18H25F2N7O4.ClH/c19-11-5-6-14(13(20)8-11)25-17(29)15-9-12(10-23-15)24-16(28)4-2-1-3-7-22-18(21)26-27(30)31;/h5-6,8,12,15,23H,1-4,7,9-10H2,(H,24,28)(H,25,29)(H3,21,22,26);1H/t12-,15-;/m0./s1. The zero-order valence-corrected chi connectivity index (χ0v) is 17.9. The maximum absolute atomic E-state index is 13.7. The van der Waals surface area contributed by atoms with Gasteiger partial charge in [0.1, 0.15) is 11.6 Å². The average molecular weight is 478 g/mol. The highest BCUT2D eigenvalue weighted by atomic mass is 35.5. The molecule has 14 heteroatoms. The molecule has 0 aromatic heterocycles. The van der Waals surface area contributed by atoms with E-state index >= 15 is 0 Å². The molecule has 2 atom stereocenters. The van der Waals surface area contributed by atoms with E-state index in [1.807, 2.05) is 0 Å². The number of nitro groups is 1. The number of carbonyl (C=O) groups is 2. The lowest BCUT2D eigenvalue weighted by molar-refractivity contribution is -0.525. The van der Waals surface area contributed by atoms with Crippen LogP contribution in [0.3, 0.4) is 0 Å². The minimum atomic E-state index is -0.862. The van der Waals surface area contributed by atoms with Crippen molar-refractivity contribution < 1.29 is 23.4 Å². The highest BCUT2D eigenvalue weighted by molar-refractivity contribution is 5.95. The van der Waals surface area contributed by atoms with E-state index in [2.05, 4.69) is 20.9 Å². The molecule has 0 saturated carbocycles. The number of aliphatic imine (C=N–C) groups is 1. The van der Waals surface area contributed by atoms with Crippen LogP contribution in [0.4, 0.5) is 14.5 Å². The molecule has 1 fully saturated rings. The van der Waals surface area contributed by atoms with Crippen LogP contribution in [0.1, 0.15) is 32.1 Å². The number of guanidine groups is 1. The Labute approximate surface area is 189 Å². The molecule has 0 unspecified atom stereocenters. The lowest BCUT2D eigenvalue weighted by atomic mass is 10.1. The molecule has 1 aliphatic rings. The Hall–Kier alpha value is -3.06. The Morgan fingerprint density at radius 1 is 1.28 bits per heavy atom.